The second-order valence-electron chi connectivity index (χ2n) is 18.9. The second kappa shape index (κ2) is 18.3. The molecule has 0 amide bonds. The number of benzene rings is 11. The standard InChI is InChI=1S/C69H50N2O/c1-47-66(52-23-9-3-10-24-52)61-32-18-17-31-60(61)64-46-63(69-68(67(47)64)62-33-19-20-34-65(62)72-69)51-37-35-50(36-38-51)53-43-58(70(54-25-11-4-12-26-54)55-27-13-5-14-28-55)45-59(44-53)71(56-29-15-6-16-30-56)57-41-39-49(40-42-57)48-21-7-2-8-22-48/h2-47,66H,1H3. The molecule has 2 atom stereocenters. The molecular formula is C69H50N2O. The van der Waals surface area contributed by atoms with E-state index in [0.29, 0.717) is 0 Å². The van der Waals surface area contributed by atoms with Gasteiger partial charge in [-0.15, -0.1) is 0 Å². The Morgan fingerprint density at radius 1 is 0.333 bits per heavy atom. The van der Waals surface area contributed by atoms with Crippen LogP contribution in [0.2, 0.25) is 0 Å². The van der Waals surface area contributed by atoms with Crippen molar-refractivity contribution in [3.63, 3.8) is 0 Å². The number of fused-ring (bicyclic) bond motifs is 7. The zero-order valence-electron chi connectivity index (χ0n) is 39.9. The minimum absolute atomic E-state index is 0.210. The van der Waals surface area contributed by atoms with E-state index >= 15 is 0 Å². The first-order valence-corrected chi connectivity index (χ1v) is 24.9. The van der Waals surface area contributed by atoms with E-state index in [1.165, 1.54) is 44.3 Å². The van der Waals surface area contributed by atoms with E-state index in [1.54, 1.807) is 0 Å². The molecular weight excluding hydrogens is 873 g/mol. The largest absolute Gasteiger partial charge is 0.455 e. The van der Waals surface area contributed by atoms with Crippen LogP contribution in [0.3, 0.4) is 0 Å². The van der Waals surface area contributed by atoms with E-state index in [4.69, 9.17) is 4.42 Å². The van der Waals surface area contributed by atoms with Gasteiger partial charge in [-0.05, 0) is 140 Å². The summed E-state index contributed by atoms with van der Waals surface area (Å²) in [7, 11) is 0. The molecule has 13 rings (SSSR count). The summed E-state index contributed by atoms with van der Waals surface area (Å²) in [5, 5.41) is 2.37. The monoisotopic (exact) mass is 922 g/mol. The van der Waals surface area contributed by atoms with Crippen LogP contribution in [0.4, 0.5) is 34.1 Å². The number of anilines is 6. The van der Waals surface area contributed by atoms with Crippen LogP contribution in [0.1, 0.15) is 35.4 Å². The first-order valence-electron chi connectivity index (χ1n) is 24.9. The van der Waals surface area contributed by atoms with Crippen molar-refractivity contribution in [2.75, 3.05) is 9.80 Å². The molecule has 0 saturated carbocycles. The molecule has 342 valence electrons. The number of rotatable bonds is 10. The van der Waals surface area contributed by atoms with E-state index in [0.717, 1.165) is 72.9 Å². The smallest absolute Gasteiger partial charge is 0.143 e. The molecule has 0 N–H and O–H groups in total. The predicted molar refractivity (Wildman–Crippen MR) is 302 cm³/mol. The fraction of sp³-hybridized carbons (Fsp3) is 0.0435. The molecule has 1 aliphatic rings. The molecule has 2 unspecified atom stereocenters. The lowest BCUT2D eigenvalue weighted by atomic mass is 9.68. The van der Waals surface area contributed by atoms with Gasteiger partial charge in [-0.1, -0.05) is 201 Å². The molecule has 0 radical (unpaired) electrons. The van der Waals surface area contributed by atoms with Crippen molar-refractivity contribution in [2.24, 2.45) is 0 Å². The Morgan fingerprint density at radius 2 is 0.792 bits per heavy atom. The predicted octanol–water partition coefficient (Wildman–Crippen LogP) is 19.4. The molecule has 11 aromatic carbocycles. The average Bonchev–Trinajstić information content (AvgIpc) is 3.84. The lowest BCUT2D eigenvalue weighted by molar-refractivity contribution is 0.649. The third kappa shape index (κ3) is 7.64. The van der Waals surface area contributed by atoms with Crippen molar-refractivity contribution in [3.05, 3.63) is 290 Å². The maximum Gasteiger partial charge on any atom is 0.143 e. The van der Waals surface area contributed by atoms with E-state index in [1.807, 2.05) is 0 Å². The van der Waals surface area contributed by atoms with Gasteiger partial charge in [0.25, 0.3) is 0 Å². The summed E-state index contributed by atoms with van der Waals surface area (Å²) in [5.74, 6) is 0.422. The highest BCUT2D eigenvalue weighted by Gasteiger charge is 2.35. The van der Waals surface area contributed by atoms with Crippen molar-refractivity contribution >= 4 is 56.1 Å². The molecule has 1 aromatic heterocycles. The molecule has 1 aliphatic carbocycles. The maximum absolute atomic E-state index is 6.97. The molecule has 0 saturated heterocycles. The second-order valence-corrected chi connectivity index (χ2v) is 18.9. The zero-order valence-corrected chi connectivity index (χ0v) is 39.9. The van der Waals surface area contributed by atoms with Crippen molar-refractivity contribution in [2.45, 2.75) is 18.8 Å². The number of furan rings is 1. The Kier molecular flexibility index (Phi) is 10.9. The van der Waals surface area contributed by atoms with Gasteiger partial charge in [-0.3, -0.25) is 0 Å². The fourth-order valence-corrected chi connectivity index (χ4v) is 11.3. The summed E-state index contributed by atoms with van der Waals surface area (Å²) in [4.78, 5) is 4.73. The van der Waals surface area contributed by atoms with Gasteiger partial charge in [0.15, 0.2) is 0 Å². The lowest BCUT2D eigenvalue weighted by Gasteiger charge is -2.35. The van der Waals surface area contributed by atoms with Crippen LogP contribution in [0, 0.1) is 0 Å². The lowest BCUT2D eigenvalue weighted by Crippen LogP contribution is -2.17. The maximum atomic E-state index is 6.97. The molecule has 3 heteroatoms. The Labute approximate surface area is 421 Å². The van der Waals surface area contributed by atoms with Crippen molar-refractivity contribution in [1.82, 2.24) is 0 Å². The van der Waals surface area contributed by atoms with Gasteiger partial charge in [0, 0.05) is 56.4 Å². The van der Waals surface area contributed by atoms with Gasteiger partial charge in [0.1, 0.15) is 11.2 Å². The summed E-state index contributed by atoms with van der Waals surface area (Å²) < 4.78 is 6.97. The summed E-state index contributed by atoms with van der Waals surface area (Å²) in [5.41, 5.74) is 21.6. The summed E-state index contributed by atoms with van der Waals surface area (Å²) in [6, 6.07) is 98.7. The highest BCUT2D eigenvalue weighted by Crippen LogP contribution is 2.55. The molecule has 0 aliphatic heterocycles. The zero-order chi connectivity index (χ0) is 48.0. The number of nitrogens with zero attached hydrogens (tertiary/aromatic N) is 2. The highest BCUT2D eigenvalue weighted by molar-refractivity contribution is 6.14. The Bertz CT molecular complexity index is 3810. The highest BCUT2D eigenvalue weighted by atomic mass is 16.3. The van der Waals surface area contributed by atoms with Gasteiger partial charge in [0.05, 0.1) is 0 Å². The van der Waals surface area contributed by atoms with E-state index < -0.39 is 0 Å². The average molecular weight is 923 g/mol. The number of hydrogen-bond donors (Lipinski definition) is 0. The molecule has 72 heavy (non-hydrogen) atoms. The van der Waals surface area contributed by atoms with Crippen LogP contribution < -0.4 is 9.80 Å². The molecule has 0 spiro atoms. The Morgan fingerprint density at radius 3 is 1.40 bits per heavy atom. The van der Waals surface area contributed by atoms with Crippen molar-refractivity contribution in [3.8, 4) is 44.5 Å². The van der Waals surface area contributed by atoms with Crippen LogP contribution in [0.25, 0.3) is 66.4 Å². The first-order chi connectivity index (χ1) is 35.6. The van der Waals surface area contributed by atoms with Crippen LogP contribution in [-0.2, 0) is 0 Å². The van der Waals surface area contributed by atoms with E-state index in [9.17, 15) is 0 Å². The van der Waals surface area contributed by atoms with E-state index in [2.05, 4.69) is 290 Å². The Hall–Kier alpha value is -9.18. The summed E-state index contributed by atoms with van der Waals surface area (Å²) in [6.07, 6.45) is 0. The molecule has 12 aromatic rings. The van der Waals surface area contributed by atoms with Gasteiger partial charge in [0.2, 0.25) is 0 Å². The minimum atomic E-state index is 0.210. The third-order valence-corrected chi connectivity index (χ3v) is 14.6. The van der Waals surface area contributed by atoms with Crippen LogP contribution in [0.15, 0.2) is 277 Å². The van der Waals surface area contributed by atoms with Gasteiger partial charge >= 0.3 is 0 Å². The van der Waals surface area contributed by atoms with Crippen molar-refractivity contribution in [1.29, 1.82) is 0 Å². The number of para-hydroxylation sites is 4. The van der Waals surface area contributed by atoms with Gasteiger partial charge in [-0.25, -0.2) is 0 Å². The minimum Gasteiger partial charge on any atom is -0.455 e. The SMILES string of the molecule is CC1c2c(cc(-c3ccc(-c4cc(N(c5ccccc5)c5ccccc5)cc(N(c5ccccc5)c5ccc(-c6ccccc6)cc5)c4)cc3)c3oc4ccccc4c23)-c2ccccc2C1c1ccccc1. The normalized spacial score (nSPS) is 13.9. The molecule has 1 heterocycles. The number of hydrogen-bond acceptors (Lipinski definition) is 3. The van der Waals surface area contributed by atoms with Crippen LogP contribution in [0.5, 0.6) is 0 Å². The molecule has 0 fully saturated rings. The summed E-state index contributed by atoms with van der Waals surface area (Å²) in [6.45, 7) is 2.40. The summed E-state index contributed by atoms with van der Waals surface area (Å²) >= 11 is 0. The van der Waals surface area contributed by atoms with E-state index in [-0.39, 0.29) is 11.8 Å². The quantitative estimate of drug-likeness (QED) is 0.136. The third-order valence-electron chi connectivity index (χ3n) is 14.6. The Balaban J connectivity index is 0.985. The topological polar surface area (TPSA) is 19.6 Å². The van der Waals surface area contributed by atoms with Crippen LogP contribution >= 0.6 is 0 Å². The van der Waals surface area contributed by atoms with Crippen LogP contribution in [-0.4, -0.2) is 0 Å². The molecule has 0 bridgehead atoms. The van der Waals surface area contributed by atoms with Gasteiger partial charge < -0.3 is 14.2 Å². The molecule has 3 nitrogen and oxygen atoms in total. The fourth-order valence-electron chi connectivity index (χ4n) is 11.3. The van der Waals surface area contributed by atoms with Crippen molar-refractivity contribution < 1.29 is 4.42 Å². The van der Waals surface area contributed by atoms with Gasteiger partial charge in [-0.2, -0.15) is 0 Å². The first kappa shape index (κ1) is 42.9.